The van der Waals surface area contributed by atoms with E-state index in [1.807, 2.05) is 24.3 Å². The number of benzene rings is 1. The molecule has 1 aliphatic heterocycles. The number of ether oxygens (including phenoxy) is 3. The van der Waals surface area contributed by atoms with Crippen molar-refractivity contribution < 1.29 is 19.0 Å². The van der Waals surface area contributed by atoms with Crippen LogP contribution < -0.4 is 14.2 Å². The summed E-state index contributed by atoms with van der Waals surface area (Å²) in [7, 11) is 1.56. The zero-order valence-electron chi connectivity index (χ0n) is 10.9. The van der Waals surface area contributed by atoms with E-state index in [1.54, 1.807) is 19.2 Å². The van der Waals surface area contributed by atoms with Crippen molar-refractivity contribution in [3.63, 3.8) is 0 Å². The molecule has 0 bridgehead atoms. The Morgan fingerprint density at radius 3 is 2.95 bits per heavy atom. The fraction of sp³-hybridized carbons (Fsp3) is 0.200. The van der Waals surface area contributed by atoms with Gasteiger partial charge in [0.05, 0.1) is 12.8 Å². The number of carbonyl (C=O) groups excluding carboxylic acids is 1. The van der Waals surface area contributed by atoms with Crippen molar-refractivity contribution in [2.75, 3.05) is 13.7 Å². The Morgan fingerprint density at radius 2 is 2.15 bits per heavy atom. The number of rotatable bonds is 3. The third-order valence-electron chi connectivity index (χ3n) is 3.01. The lowest BCUT2D eigenvalue weighted by Crippen LogP contribution is -2.30. The molecule has 0 saturated heterocycles. The zero-order chi connectivity index (χ0) is 13.9. The van der Waals surface area contributed by atoms with Crippen molar-refractivity contribution in [1.82, 2.24) is 4.98 Å². The highest BCUT2D eigenvalue weighted by Gasteiger charge is 2.24. The molecule has 20 heavy (non-hydrogen) atoms. The third-order valence-corrected chi connectivity index (χ3v) is 3.01. The summed E-state index contributed by atoms with van der Waals surface area (Å²) in [5, 5.41) is 0. The number of methoxy groups -OCH3 is 1. The maximum absolute atomic E-state index is 10.9. The van der Waals surface area contributed by atoms with Crippen molar-refractivity contribution in [1.29, 1.82) is 0 Å². The van der Waals surface area contributed by atoms with Crippen LogP contribution in [0.3, 0.4) is 0 Å². The highest BCUT2D eigenvalue weighted by molar-refractivity contribution is 5.73. The normalized spacial score (nSPS) is 16.6. The summed E-state index contributed by atoms with van der Waals surface area (Å²) >= 11 is 0. The minimum atomic E-state index is -0.589. The zero-order valence-corrected chi connectivity index (χ0v) is 10.9. The monoisotopic (exact) mass is 271 g/mol. The van der Waals surface area contributed by atoms with Gasteiger partial charge in [-0.1, -0.05) is 12.1 Å². The summed E-state index contributed by atoms with van der Waals surface area (Å²) in [4.78, 5) is 15.3. The number of fused-ring (bicyclic) bond motifs is 1. The van der Waals surface area contributed by atoms with Gasteiger partial charge in [0, 0.05) is 11.6 Å². The van der Waals surface area contributed by atoms with Gasteiger partial charge in [0.1, 0.15) is 6.61 Å². The van der Waals surface area contributed by atoms with Crippen LogP contribution in [0.2, 0.25) is 0 Å². The summed E-state index contributed by atoms with van der Waals surface area (Å²) in [6.45, 7) is 0.228. The van der Waals surface area contributed by atoms with Gasteiger partial charge in [0.15, 0.2) is 23.9 Å². The second-order valence-corrected chi connectivity index (χ2v) is 4.30. The molecule has 1 aliphatic rings. The molecule has 0 amide bonds. The van der Waals surface area contributed by atoms with Crippen molar-refractivity contribution in [3.8, 4) is 28.6 Å². The molecule has 1 aromatic heterocycles. The molecule has 1 aromatic carbocycles. The average molecular weight is 271 g/mol. The maximum atomic E-state index is 10.9. The highest BCUT2D eigenvalue weighted by Crippen LogP contribution is 2.40. The van der Waals surface area contributed by atoms with Crippen molar-refractivity contribution in [3.05, 3.63) is 36.4 Å². The topological polar surface area (TPSA) is 57.7 Å². The fourth-order valence-electron chi connectivity index (χ4n) is 2.06. The molecular weight excluding hydrogens is 258 g/mol. The van der Waals surface area contributed by atoms with Crippen LogP contribution in [0.4, 0.5) is 0 Å². The number of carbonyl (C=O) groups is 1. The van der Waals surface area contributed by atoms with Crippen LogP contribution in [-0.4, -0.2) is 31.1 Å². The minimum absolute atomic E-state index is 0.228. The molecule has 1 unspecified atom stereocenters. The summed E-state index contributed by atoms with van der Waals surface area (Å²) in [6.07, 6.45) is 0.146. The summed E-state index contributed by atoms with van der Waals surface area (Å²) in [5.74, 6) is 1.67. The lowest BCUT2D eigenvalue weighted by molar-refractivity contribution is -0.115. The Balaban J connectivity index is 2.08. The third kappa shape index (κ3) is 2.18. The molecule has 102 valence electrons. The molecule has 0 N–H and O–H groups in total. The molecule has 0 fully saturated rings. The maximum Gasteiger partial charge on any atom is 0.213 e. The summed E-state index contributed by atoms with van der Waals surface area (Å²) in [5.41, 5.74) is 1.48. The molecule has 0 radical (unpaired) electrons. The second-order valence-electron chi connectivity index (χ2n) is 4.30. The smallest absolute Gasteiger partial charge is 0.213 e. The lowest BCUT2D eigenvalue weighted by Gasteiger charge is -2.24. The molecule has 2 heterocycles. The standard InChI is InChI=1S/C15H13NO4/c1-18-14-7-3-5-12(16-14)11-4-2-6-13-15(11)20-10(8-17)9-19-13/h2-8,10H,9H2,1H3. The molecule has 0 saturated carbocycles. The predicted molar refractivity (Wildman–Crippen MR) is 72.2 cm³/mol. The Labute approximate surface area is 116 Å². The van der Waals surface area contributed by atoms with Gasteiger partial charge in [-0.15, -0.1) is 0 Å². The molecule has 0 spiro atoms. The van der Waals surface area contributed by atoms with Gasteiger partial charge in [-0.2, -0.15) is 0 Å². The van der Waals surface area contributed by atoms with Crippen LogP contribution in [-0.2, 0) is 4.79 Å². The van der Waals surface area contributed by atoms with E-state index in [2.05, 4.69) is 4.98 Å². The van der Waals surface area contributed by atoms with Crippen molar-refractivity contribution in [2.45, 2.75) is 6.10 Å². The number of aromatic nitrogens is 1. The Kier molecular flexibility index (Phi) is 3.25. The minimum Gasteiger partial charge on any atom is -0.485 e. The fourth-order valence-corrected chi connectivity index (χ4v) is 2.06. The van der Waals surface area contributed by atoms with Crippen LogP contribution in [0.5, 0.6) is 17.4 Å². The van der Waals surface area contributed by atoms with Gasteiger partial charge in [0.2, 0.25) is 5.88 Å². The van der Waals surface area contributed by atoms with E-state index in [0.29, 0.717) is 23.1 Å². The SMILES string of the molecule is COc1cccc(-c2cccc3c2OC(C=O)CO3)n1. The van der Waals surface area contributed by atoms with Gasteiger partial charge in [-0.25, -0.2) is 4.98 Å². The number of nitrogens with zero attached hydrogens (tertiary/aromatic N) is 1. The molecule has 1 atom stereocenters. The number of aldehydes is 1. The van der Waals surface area contributed by atoms with E-state index in [0.717, 1.165) is 11.8 Å². The quantitative estimate of drug-likeness (QED) is 0.800. The van der Waals surface area contributed by atoms with Crippen molar-refractivity contribution in [2.24, 2.45) is 0 Å². The number of hydrogen-bond donors (Lipinski definition) is 0. The Morgan fingerprint density at radius 1 is 1.30 bits per heavy atom. The molecule has 0 aliphatic carbocycles. The Hall–Kier alpha value is -2.56. The van der Waals surface area contributed by atoms with Crippen LogP contribution >= 0.6 is 0 Å². The van der Waals surface area contributed by atoms with Gasteiger partial charge in [-0.3, -0.25) is 4.79 Å². The van der Waals surface area contributed by atoms with E-state index in [9.17, 15) is 4.79 Å². The largest absolute Gasteiger partial charge is 0.485 e. The number of hydrogen-bond acceptors (Lipinski definition) is 5. The van der Waals surface area contributed by atoms with Gasteiger partial charge < -0.3 is 14.2 Å². The summed E-state index contributed by atoms with van der Waals surface area (Å²) in [6, 6.07) is 11.0. The van der Waals surface area contributed by atoms with Gasteiger partial charge in [-0.05, 0) is 18.2 Å². The first-order chi connectivity index (χ1) is 9.81. The molecule has 2 aromatic rings. The van der Waals surface area contributed by atoms with E-state index < -0.39 is 6.10 Å². The van der Waals surface area contributed by atoms with Crippen LogP contribution in [0, 0.1) is 0 Å². The van der Waals surface area contributed by atoms with Gasteiger partial charge in [0.25, 0.3) is 0 Å². The van der Waals surface area contributed by atoms with E-state index in [1.165, 1.54) is 0 Å². The number of pyridine rings is 1. The average Bonchev–Trinajstić information content (AvgIpc) is 2.53. The van der Waals surface area contributed by atoms with E-state index in [4.69, 9.17) is 14.2 Å². The lowest BCUT2D eigenvalue weighted by atomic mass is 10.1. The van der Waals surface area contributed by atoms with Crippen LogP contribution in [0.25, 0.3) is 11.3 Å². The van der Waals surface area contributed by atoms with Gasteiger partial charge >= 0.3 is 0 Å². The summed E-state index contributed by atoms with van der Waals surface area (Å²) < 4.78 is 16.3. The molecular formula is C15H13NO4. The number of para-hydroxylation sites is 1. The highest BCUT2D eigenvalue weighted by atomic mass is 16.6. The first-order valence-electron chi connectivity index (χ1n) is 6.21. The van der Waals surface area contributed by atoms with Crippen molar-refractivity contribution >= 4 is 6.29 Å². The molecule has 3 rings (SSSR count). The van der Waals surface area contributed by atoms with Crippen LogP contribution in [0.1, 0.15) is 0 Å². The first kappa shape index (κ1) is 12.5. The molecule has 5 heteroatoms. The molecule has 5 nitrogen and oxygen atoms in total. The first-order valence-corrected chi connectivity index (χ1v) is 6.21. The second kappa shape index (κ2) is 5.21. The van der Waals surface area contributed by atoms with Crippen LogP contribution in [0.15, 0.2) is 36.4 Å². The predicted octanol–water partition coefficient (Wildman–Crippen LogP) is 2.10. The van der Waals surface area contributed by atoms with E-state index in [-0.39, 0.29) is 6.61 Å². The van der Waals surface area contributed by atoms with E-state index >= 15 is 0 Å². The Bertz CT molecular complexity index is 642.